The second kappa shape index (κ2) is 9.69. The van der Waals surface area contributed by atoms with Crippen LogP contribution < -0.4 is 0 Å². The molecule has 1 aromatic rings. The lowest BCUT2D eigenvalue weighted by Crippen LogP contribution is -2.97. The Morgan fingerprint density at radius 1 is 0.961 bits per heavy atom. The molecule has 0 amide bonds. The highest BCUT2D eigenvalue weighted by atomic mass is 17.0. The first kappa shape index (κ1) is 34.5. The van der Waals surface area contributed by atoms with Crippen LogP contribution in [0.25, 0.3) is 0 Å². The largest absolute Gasteiger partial charge is 0.472 e. The quantitative estimate of drug-likeness (QED) is 0.315. The van der Waals surface area contributed by atoms with Gasteiger partial charge in [-0.25, -0.2) is 4.79 Å². The van der Waals surface area contributed by atoms with Gasteiger partial charge in [0, 0.05) is 55.4 Å². The topological polar surface area (TPSA) is 213 Å². The van der Waals surface area contributed by atoms with E-state index < -0.39 is 117 Å². The van der Waals surface area contributed by atoms with Crippen molar-refractivity contribution in [3.8, 4) is 0 Å². The average Bonchev–Trinajstić information content (AvgIpc) is 3.79. The molecule has 1 spiro atoms. The zero-order chi connectivity index (χ0) is 37.2. The molecule has 2 N–H and O–H groups in total. The fraction of sp³-hybridized carbons (Fsp3) is 0.743. The van der Waals surface area contributed by atoms with Gasteiger partial charge in [-0.3, -0.25) is 19.2 Å². The number of rotatable bonds is 6. The molecule has 51 heavy (non-hydrogen) atoms. The molecular weight excluding hydrogens is 676 g/mol. The Balaban J connectivity index is 1.50. The molecule has 4 saturated carbocycles. The number of ether oxygens (including phenoxy) is 8. The molecule has 3 saturated heterocycles. The Morgan fingerprint density at radius 2 is 1.67 bits per heavy atom. The summed E-state index contributed by atoms with van der Waals surface area (Å²) in [5.74, 6) is -7.67. The van der Waals surface area contributed by atoms with Crippen molar-refractivity contribution in [2.24, 2.45) is 22.2 Å². The van der Waals surface area contributed by atoms with Crippen molar-refractivity contribution in [1.29, 1.82) is 0 Å². The smallest absolute Gasteiger partial charge is 0.347 e. The molecule has 1 aromatic heterocycles. The van der Waals surface area contributed by atoms with Crippen molar-refractivity contribution < 1.29 is 76.5 Å². The van der Waals surface area contributed by atoms with Gasteiger partial charge in [-0.1, -0.05) is 20.8 Å². The van der Waals surface area contributed by atoms with Crippen LogP contribution in [0, 0.1) is 22.2 Å². The number of carbonyl (C=O) groups is 5. The molecular formula is C35H42O16. The summed E-state index contributed by atoms with van der Waals surface area (Å²) in [6.07, 6.45) is -4.10. The van der Waals surface area contributed by atoms with E-state index in [1.165, 1.54) is 19.5 Å². The first-order chi connectivity index (χ1) is 23.6. The maximum atomic E-state index is 13.8. The fourth-order valence-electron chi connectivity index (χ4n) is 12.8. The van der Waals surface area contributed by atoms with Gasteiger partial charge in [-0.2, -0.15) is 0 Å². The highest BCUT2D eigenvalue weighted by Crippen LogP contribution is 2.89. The molecule has 4 aliphatic carbocycles. The van der Waals surface area contributed by atoms with E-state index in [1.807, 2.05) is 0 Å². The summed E-state index contributed by atoms with van der Waals surface area (Å²) >= 11 is 0. The third-order valence-corrected chi connectivity index (χ3v) is 14.0. The van der Waals surface area contributed by atoms with Crippen molar-refractivity contribution in [3.63, 3.8) is 0 Å². The van der Waals surface area contributed by atoms with Crippen molar-refractivity contribution in [1.82, 2.24) is 0 Å². The molecule has 8 rings (SSSR count). The van der Waals surface area contributed by atoms with Crippen molar-refractivity contribution in [3.05, 3.63) is 24.2 Å². The van der Waals surface area contributed by atoms with Crippen LogP contribution in [0.3, 0.4) is 0 Å². The van der Waals surface area contributed by atoms with E-state index in [2.05, 4.69) is 0 Å². The lowest BCUT2D eigenvalue weighted by Gasteiger charge is -2.78. The van der Waals surface area contributed by atoms with Crippen LogP contribution in [-0.4, -0.2) is 99.5 Å². The lowest BCUT2D eigenvalue weighted by atomic mass is 9.32. The Bertz CT molecular complexity index is 1780. The monoisotopic (exact) mass is 718 g/mol. The van der Waals surface area contributed by atoms with Gasteiger partial charge in [-0.05, 0) is 25.3 Å². The van der Waals surface area contributed by atoms with E-state index in [9.17, 15) is 34.2 Å². The molecule has 3 aliphatic heterocycles. The molecule has 4 heterocycles. The number of methoxy groups -OCH3 is 1. The number of hydrogen-bond donors (Lipinski definition) is 2. The van der Waals surface area contributed by atoms with Crippen molar-refractivity contribution >= 4 is 29.8 Å². The summed E-state index contributed by atoms with van der Waals surface area (Å²) < 4.78 is 55.0. The molecule has 1 unspecified atom stereocenters. The number of fused-ring (bicyclic) bond motifs is 4. The minimum Gasteiger partial charge on any atom is -0.472 e. The third kappa shape index (κ3) is 3.35. The molecule has 0 aromatic carbocycles. The van der Waals surface area contributed by atoms with Crippen LogP contribution >= 0.6 is 0 Å². The number of esters is 5. The minimum atomic E-state index is -2.35. The van der Waals surface area contributed by atoms with Gasteiger partial charge >= 0.3 is 29.8 Å². The van der Waals surface area contributed by atoms with Crippen molar-refractivity contribution in [2.45, 2.75) is 133 Å². The Kier molecular flexibility index (Phi) is 6.56. The van der Waals surface area contributed by atoms with Gasteiger partial charge in [0.1, 0.15) is 29.0 Å². The molecule has 16 nitrogen and oxygen atoms in total. The molecule has 4 bridgehead atoms. The van der Waals surface area contributed by atoms with Gasteiger partial charge in [0.15, 0.2) is 11.7 Å². The summed E-state index contributed by atoms with van der Waals surface area (Å²) in [7, 11) is 1.11. The zero-order valence-corrected chi connectivity index (χ0v) is 29.6. The number of hydrogen-bond acceptors (Lipinski definition) is 16. The second-order valence-electron chi connectivity index (χ2n) is 16.2. The number of furan rings is 1. The number of aliphatic hydroxyl groups is 2. The van der Waals surface area contributed by atoms with Gasteiger partial charge < -0.3 is 52.5 Å². The van der Waals surface area contributed by atoms with Gasteiger partial charge in [0.25, 0.3) is 5.97 Å². The number of carbonyl (C=O) groups excluding carboxylic acids is 5. The summed E-state index contributed by atoms with van der Waals surface area (Å²) in [5.41, 5.74) is -15.3. The highest BCUT2D eigenvalue weighted by molar-refractivity contribution is 5.80. The summed E-state index contributed by atoms with van der Waals surface area (Å²) in [6.45, 7) is 9.78. The highest BCUT2D eigenvalue weighted by Gasteiger charge is 3.06. The van der Waals surface area contributed by atoms with E-state index in [1.54, 1.807) is 26.8 Å². The molecule has 7 aliphatic rings. The summed E-state index contributed by atoms with van der Waals surface area (Å²) in [4.78, 5) is 66.7. The van der Waals surface area contributed by atoms with E-state index >= 15 is 0 Å². The maximum absolute atomic E-state index is 13.8. The van der Waals surface area contributed by atoms with E-state index in [0.717, 1.165) is 27.9 Å². The van der Waals surface area contributed by atoms with Gasteiger partial charge in [-0.15, -0.1) is 0 Å². The van der Waals surface area contributed by atoms with Crippen LogP contribution in [0.5, 0.6) is 0 Å². The number of cyclic esters (lactones) is 1. The van der Waals surface area contributed by atoms with Crippen LogP contribution in [0.15, 0.2) is 23.0 Å². The molecule has 278 valence electrons. The normalized spacial score (nSPS) is 51.5. The Morgan fingerprint density at radius 3 is 2.25 bits per heavy atom. The fourth-order valence-corrected chi connectivity index (χ4v) is 12.8. The second-order valence-corrected chi connectivity index (χ2v) is 16.2. The van der Waals surface area contributed by atoms with Gasteiger partial charge in [0.05, 0.1) is 26.1 Å². The molecule has 16 heteroatoms. The first-order valence-electron chi connectivity index (χ1n) is 17.0. The third-order valence-electron chi connectivity index (χ3n) is 14.0. The van der Waals surface area contributed by atoms with Gasteiger partial charge in [0.2, 0.25) is 11.7 Å². The summed E-state index contributed by atoms with van der Waals surface area (Å²) in [6, 6.07) is 1.61. The van der Waals surface area contributed by atoms with E-state index in [0.29, 0.717) is 5.56 Å². The van der Waals surface area contributed by atoms with Crippen molar-refractivity contribution in [2.75, 3.05) is 7.11 Å². The maximum Gasteiger partial charge on any atom is 0.347 e. The average molecular weight is 719 g/mol. The Hall–Kier alpha value is -3.57. The Labute approximate surface area is 292 Å². The van der Waals surface area contributed by atoms with Crippen LogP contribution in [-0.2, 0) is 61.9 Å². The van der Waals surface area contributed by atoms with Crippen LogP contribution in [0.4, 0.5) is 0 Å². The van der Waals surface area contributed by atoms with Crippen LogP contribution in [0.2, 0.25) is 0 Å². The summed E-state index contributed by atoms with van der Waals surface area (Å²) in [5, 5.41) is 27.3. The first-order valence-corrected chi connectivity index (χ1v) is 17.0. The molecule has 14 atom stereocenters. The molecule has 7 fully saturated rings. The van der Waals surface area contributed by atoms with E-state index in [4.69, 9.17) is 42.3 Å². The molecule has 0 radical (unpaired) electrons. The predicted octanol–water partition coefficient (Wildman–Crippen LogP) is 1.52. The SMILES string of the molecule is COC(=O)[C@H](OC(C)=O)[C@H]1[C@]2(C)C[C@@]3(O)[C@]1(C)[C@@]14CC[C@@]5(C)[C@H](c6ccoc6)OC(=O)C[C@@]5(O)[C@]15O[C@@](C)(OC5[C@@]3(OC(C)=O)[C@H]2OC(C)=O)O4. The van der Waals surface area contributed by atoms with Crippen LogP contribution in [0.1, 0.15) is 85.8 Å². The predicted molar refractivity (Wildman–Crippen MR) is 162 cm³/mol. The lowest BCUT2D eigenvalue weighted by molar-refractivity contribution is -0.466. The zero-order valence-electron chi connectivity index (χ0n) is 29.6. The standard InChI is InChI=1S/C35H42O16/c1-16(36)45-21(24(40)43-8)22-27(4)15-32(42)29(22,6)33-11-10-28(5)23(19-9-12-44-14-19)47-20(39)13-31(28,41)35(33)26(49-30(7,50-33)51-35)34(32,48-18(3)38)25(27)46-17(2)37/h9,12,14,21-23,25-26,41-42H,10-11,13,15H2,1-8H3/t21-,22+,23+,25+,26?,27+,28+,29-,30+,31+,32-,33+,34+,35+/m1/s1. The minimum absolute atomic E-state index is 0.000892. The van der Waals surface area contributed by atoms with E-state index in [-0.39, 0.29) is 19.3 Å².